The van der Waals surface area contributed by atoms with Crippen LogP contribution in [0.25, 0.3) is 0 Å². The molecule has 0 amide bonds. The van der Waals surface area contributed by atoms with E-state index >= 15 is 0 Å². The molecule has 0 saturated heterocycles. The summed E-state index contributed by atoms with van der Waals surface area (Å²) in [5.41, 5.74) is 0. The van der Waals surface area contributed by atoms with Gasteiger partial charge in [0.15, 0.2) is 5.03 Å². The molecular weight excluding hydrogens is 328 g/mol. The Labute approximate surface area is 84.2 Å². The Morgan fingerprint density at radius 1 is 1.08 bits per heavy atom. The highest BCUT2D eigenvalue weighted by molar-refractivity contribution is 14.1. The van der Waals surface area contributed by atoms with E-state index in [1.54, 1.807) is 22.6 Å². The highest BCUT2D eigenvalue weighted by atomic mass is 127. The van der Waals surface area contributed by atoms with E-state index in [1.165, 1.54) is 0 Å². The van der Waals surface area contributed by atoms with Crippen LogP contribution in [-0.2, 0) is 0 Å². The van der Waals surface area contributed by atoms with E-state index in [9.17, 15) is 19.4 Å². The standard InChI is InChI=1S/C5H3F5INS/c6-13(7,8,9,10)5-2-1-4(11)3-12-5/h1-3H. The van der Waals surface area contributed by atoms with E-state index in [0.29, 0.717) is 3.57 Å². The van der Waals surface area contributed by atoms with Gasteiger partial charge in [-0.15, -0.1) is 0 Å². The molecule has 0 fully saturated rings. The normalized spacial score (nSPS) is 17.7. The molecule has 1 heterocycles. The van der Waals surface area contributed by atoms with E-state index in [1.807, 2.05) is 0 Å². The first kappa shape index (κ1) is 11.0. The molecular formula is C5H3F5INS. The first-order valence-corrected chi connectivity index (χ1v) is 5.88. The third-order valence-corrected chi connectivity index (χ3v) is 2.77. The Bertz CT molecular complexity index is 329. The molecule has 0 saturated carbocycles. The lowest BCUT2D eigenvalue weighted by Gasteiger charge is -2.39. The van der Waals surface area contributed by atoms with Gasteiger partial charge in [-0.25, -0.2) is 4.98 Å². The minimum absolute atomic E-state index is 0.281. The van der Waals surface area contributed by atoms with Crippen LogP contribution in [0.2, 0.25) is 0 Å². The van der Waals surface area contributed by atoms with Gasteiger partial charge < -0.3 is 0 Å². The predicted octanol–water partition coefficient (Wildman–Crippen LogP) is 4.34. The zero-order valence-electron chi connectivity index (χ0n) is 5.86. The first-order chi connectivity index (χ1) is 5.49. The first-order valence-electron chi connectivity index (χ1n) is 2.85. The molecule has 1 nitrogen and oxygen atoms in total. The largest absolute Gasteiger partial charge is 0.325 e. The molecule has 1 aromatic rings. The van der Waals surface area contributed by atoms with Crippen LogP contribution in [0.1, 0.15) is 0 Å². The van der Waals surface area contributed by atoms with Gasteiger partial charge in [0.05, 0.1) is 0 Å². The van der Waals surface area contributed by atoms with Gasteiger partial charge >= 0.3 is 10.2 Å². The van der Waals surface area contributed by atoms with E-state index in [0.717, 1.165) is 12.3 Å². The van der Waals surface area contributed by atoms with Crippen molar-refractivity contribution in [1.82, 2.24) is 4.98 Å². The van der Waals surface area contributed by atoms with Crippen molar-refractivity contribution in [2.24, 2.45) is 0 Å². The third-order valence-electron chi connectivity index (χ3n) is 1.10. The Morgan fingerprint density at radius 2 is 1.62 bits per heavy atom. The van der Waals surface area contributed by atoms with Crippen molar-refractivity contribution in [2.75, 3.05) is 0 Å². The number of hydrogen-bond acceptors (Lipinski definition) is 1. The maximum Gasteiger partial charge on any atom is 0.325 e. The summed E-state index contributed by atoms with van der Waals surface area (Å²) in [5.74, 6) is 0. The Kier molecular flexibility index (Phi) is 1.91. The van der Waals surface area contributed by atoms with Crippen molar-refractivity contribution in [3.63, 3.8) is 0 Å². The topological polar surface area (TPSA) is 12.9 Å². The Hall–Kier alpha value is -0.120. The molecule has 0 radical (unpaired) electrons. The molecule has 1 rings (SSSR count). The minimum Gasteiger partial charge on any atom is -0.240 e. The average molecular weight is 331 g/mol. The van der Waals surface area contributed by atoms with E-state index in [2.05, 4.69) is 4.98 Å². The molecule has 0 spiro atoms. The van der Waals surface area contributed by atoms with Crippen LogP contribution < -0.4 is 0 Å². The third kappa shape index (κ3) is 2.93. The molecule has 0 N–H and O–H groups in total. The lowest BCUT2D eigenvalue weighted by molar-refractivity contribution is 0.358. The summed E-state index contributed by atoms with van der Waals surface area (Å²) in [6, 6.07) is 1.21. The van der Waals surface area contributed by atoms with Crippen LogP contribution in [0, 0.1) is 3.57 Å². The molecule has 76 valence electrons. The van der Waals surface area contributed by atoms with Gasteiger partial charge in [-0.2, -0.15) is 0 Å². The summed E-state index contributed by atoms with van der Waals surface area (Å²) in [4.78, 5) is 2.66. The second-order valence-electron chi connectivity index (χ2n) is 2.28. The van der Waals surface area contributed by atoms with Gasteiger partial charge in [-0.1, -0.05) is 19.4 Å². The number of pyridine rings is 1. The number of aromatic nitrogens is 1. The van der Waals surface area contributed by atoms with Gasteiger partial charge in [-0.05, 0) is 34.7 Å². The predicted molar refractivity (Wildman–Crippen MR) is 48.4 cm³/mol. The van der Waals surface area contributed by atoms with Crippen molar-refractivity contribution < 1.29 is 19.4 Å². The summed E-state index contributed by atoms with van der Waals surface area (Å²) in [6.07, 6.45) is 0.744. The summed E-state index contributed by atoms with van der Waals surface area (Å²) in [6.45, 7) is 0. The molecule has 0 aliphatic heterocycles. The Balaban J connectivity index is 3.34. The molecule has 0 atom stereocenters. The molecule has 8 heteroatoms. The van der Waals surface area contributed by atoms with Gasteiger partial charge in [-0.3, -0.25) is 0 Å². The smallest absolute Gasteiger partial charge is 0.240 e. The van der Waals surface area contributed by atoms with E-state index < -0.39 is 15.3 Å². The van der Waals surface area contributed by atoms with Gasteiger partial charge in [0.2, 0.25) is 0 Å². The van der Waals surface area contributed by atoms with Crippen molar-refractivity contribution >= 4 is 32.8 Å². The Morgan fingerprint density at radius 3 is 1.92 bits per heavy atom. The zero-order chi connectivity index (χ0) is 10.4. The van der Waals surface area contributed by atoms with Gasteiger partial charge in [0.1, 0.15) is 0 Å². The number of hydrogen-bond donors (Lipinski definition) is 0. The minimum atomic E-state index is -9.57. The van der Waals surface area contributed by atoms with Crippen molar-refractivity contribution in [3.8, 4) is 0 Å². The highest BCUT2D eigenvalue weighted by Gasteiger charge is 2.66. The SMILES string of the molecule is FS(F)(F)(F)(F)c1ccc(I)cn1. The molecule has 13 heavy (non-hydrogen) atoms. The summed E-state index contributed by atoms with van der Waals surface area (Å²) in [7, 11) is -9.57. The van der Waals surface area contributed by atoms with Crippen molar-refractivity contribution in [1.29, 1.82) is 0 Å². The van der Waals surface area contributed by atoms with E-state index in [-0.39, 0.29) is 6.07 Å². The molecule has 0 aliphatic carbocycles. The number of halogens is 6. The van der Waals surface area contributed by atoms with Crippen LogP contribution in [0.3, 0.4) is 0 Å². The highest BCUT2D eigenvalue weighted by Crippen LogP contribution is 3.01. The van der Waals surface area contributed by atoms with Crippen LogP contribution in [-0.4, -0.2) is 4.98 Å². The fraction of sp³-hybridized carbons (Fsp3) is 0. The van der Waals surface area contributed by atoms with Crippen molar-refractivity contribution in [3.05, 3.63) is 21.9 Å². The van der Waals surface area contributed by atoms with Gasteiger partial charge in [0.25, 0.3) is 0 Å². The molecule has 0 aliphatic rings. The van der Waals surface area contributed by atoms with Crippen LogP contribution in [0.5, 0.6) is 0 Å². The lowest BCUT2D eigenvalue weighted by Crippen LogP contribution is -2.08. The van der Waals surface area contributed by atoms with Crippen LogP contribution in [0.4, 0.5) is 19.4 Å². The average Bonchev–Trinajstić information content (AvgIpc) is 1.82. The lowest BCUT2D eigenvalue weighted by atomic mass is 10.5. The van der Waals surface area contributed by atoms with Crippen LogP contribution >= 0.6 is 32.8 Å². The summed E-state index contributed by atoms with van der Waals surface area (Å²) in [5, 5.41) is -2.10. The monoisotopic (exact) mass is 331 g/mol. The molecule has 1 aromatic heterocycles. The van der Waals surface area contributed by atoms with Crippen molar-refractivity contribution in [2.45, 2.75) is 5.03 Å². The summed E-state index contributed by atoms with van der Waals surface area (Å²) >= 11 is 1.67. The second-order valence-corrected chi connectivity index (χ2v) is 5.89. The second kappa shape index (κ2) is 2.27. The van der Waals surface area contributed by atoms with E-state index in [4.69, 9.17) is 0 Å². The maximum absolute atomic E-state index is 12.0. The fourth-order valence-corrected chi connectivity index (χ4v) is 1.49. The molecule has 0 unspecified atom stereocenters. The number of nitrogens with zero attached hydrogens (tertiary/aromatic N) is 1. The quantitative estimate of drug-likeness (QED) is 0.551. The number of rotatable bonds is 1. The van der Waals surface area contributed by atoms with Gasteiger partial charge in [0, 0.05) is 9.77 Å². The maximum atomic E-state index is 12.0. The zero-order valence-corrected chi connectivity index (χ0v) is 8.83. The molecule has 0 bridgehead atoms. The van der Waals surface area contributed by atoms with Crippen LogP contribution in [0.15, 0.2) is 23.4 Å². The fourth-order valence-electron chi connectivity index (χ4n) is 0.590. The summed E-state index contributed by atoms with van der Waals surface area (Å²) < 4.78 is 60.4. The molecule has 0 aromatic carbocycles.